The lowest BCUT2D eigenvalue weighted by molar-refractivity contribution is -0.122. The van der Waals surface area contributed by atoms with E-state index in [2.05, 4.69) is 10.1 Å². The van der Waals surface area contributed by atoms with Gasteiger partial charge in [-0.15, -0.1) is 0 Å². The van der Waals surface area contributed by atoms with Crippen LogP contribution in [-0.4, -0.2) is 55.6 Å². The Morgan fingerprint density at radius 1 is 1.11 bits per heavy atom. The number of nitrogens with zero attached hydrogens (tertiary/aromatic N) is 2. The van der Waals surface area contributed by atoms with Gasteiger partial charge in [0.2, 0.25) is 21.8 Å². The Morgan fingerprint density at radius 2 is 1.71 bits per heavy atom. The number of nitrogens with one attached hydrogen (secondary N) is 1. The molecule has 0 aromatic heterocycles. The van der Waals surface area contributed by atoms with Gasteiger partial charge in [-0.3, -0.25) is 14.4 Å². The normalized spacial score (nSPS) is 16.9. The lowest BCUT2D eigenvalue weighted by Crippen LogP contribution is -2.49. The fraction of sp³-hybridized carbons (Fsp3) is 0.333. The predicted octanol–water partition coefficient (Wildman–Crippen LogP) is 2.55. The summed E-state index contributed by atoms with van der Waals surface area (Å²) >= 11 is 0. The van der Waals surface area contributed by atoms with Crippen LogP contribution in [0, 0.1) is 0 Å². The summed E-state index contributed by atoms with van der Waals surface area (Å²) in [6.07, 6.45) is 0.0974. The molecule has 0 aliphatic carbocycles. The molecular weight excluding hydrogens is 474 g/mol. The van der Waals surface area contributed by atoms with E-state index in [9.17, 15) is 27.6 Å². The van der Waals surface area contributed by atoms with Crippen molar-refractivity contribution < 1.29 is 32.3 Å². The van der Waals surface area contributed by atoms with E-state index in [4.69, 9.17) is 0 Å². The second kappa shape index (κ2) is 10.4. The quantitative estimate of drug-likeness (QED) is 0.435. The van der Waals surface area contributed by atoms with Gasteiger partial charge in [-0.05, 0) is 61.9 Å². The van der Waals surface area contributed by atoms with E-state index in [0.29, 0.717) is 12.1 Å². The molecule has 2 unspecified atom stereocenters. The lowest BCUT2D eigenvalue weighted by Gasteiger charge is -2.31. The molecule has 1 fully saturated rings. The highest BCUT2D eigenvalue weighted by atomic mass is 32.2. The molecule has 0 spiro atoms. The van der Waals surface area contributed by atoms with Crippen LogP contribution < -0.4 is 10.2 Å². The highest BCUT2D eigenvalue weighted by molar-refractivity contribution is 7.89. The molecular formula is C24H27N3O7S. The molecule has 3 rings (SSSR count). The zero-order valence-corrected chi connectivity index (χ0v) is 20.7. The van der Waals surface area contributed by atoms with Crippen LogP contribution in [0.15, 0.2) is 53.4 Å². The number of ether oxygens (including phenoxy) is 1. The minimum atomic E-state index is -4.16. The van der Waals surface area contributed by atoms with Gasteiger partial charge in [-0.25, -0.2) is 18.1 Å². The number of methoxy groups -OCH3 is 1. The summed E-state index contributed by atoms with van der Waals surface area (Å²) in [5, 5.41) is 2.57. The smallest absolute Gasteiger partial charge is 0.337 e. The molecule has 11 heteroatoms. The van der Waals surface area contributed by atoms with Crippen molar-refractivity contribution in [2.24, 2.45) is 0 Å². The van der Waals surface area contributed by atoms with Gasteiger partial charge in [0.05, 0.1) is 29.7 Å². The summed E-state index contributed by atoms with van der Waals surface area (Å²) in [6.45, 7) is 4.80. The SMILES string of the molecule is CCC(C)N(C1CC(=O)N(c2ccc(C(=O)OC)cc2)C1=O)S(=O)(=O)c1ccc(NC(C)=O)cc1. The molecule has 1 heterocycles. The minimum absolute atomic E-state index is 0.0620. The number of rotatable bonds is 8. The molecule has 3 amide bonds. The van der Waals surface area contributed by atoms with Crippen LogP contribution in [0.2, 0.25) is 0 Å². The van der Waals surface area contributed by atoms with E-state index >= 15 is 0 Å². The zero-order chi connectivity index (χ0) is 25.9. The molecule has 1 aliphatic rings. The van der Waals surface area contributed by atoms with Gasteiger partial charge in [0, 0.05) is 18.7 Å². The van der Waals surface area contributed by atoms with Gasteiger partial charge in [-0.2, -0.15) is 4.31 Å². The third-order valence-corrected chi connectivity index (χ3v) is 7.79. The summed E-state index contributed by atoms with van der Waals surface area (Å²) in [5.74, 6) is -2.07. The van der Waals surface area contributed by atoms with Gasteiger partial charge in [-0.1, -0.05) is 6.92 Å². The summed E-state index contributed by atoms with van der Waals surface area (Å²) in [4.78, 5) is 50.0. The Kier molecular flexibility index (Phi) is 7.71. The molecule has 0 saturated carbocycles. The summed E-state index contributed by atoms with van der Waals surface area (Å²) in [7, 11) is -2.92. The number of hydrogen-bond donors (Lipinski definition) is 1. The average Bonchev–Trinajstić information content (AvgIpc) is 3.11. The second-order valence-corrected chi connectivity index (χ2v) is 9.97. The molecule has 0 radical (unpaired) electrons. The minimum Gasteiger partial charge on any atom is -0.465 e. The monoisotopic (exact) mass is 501 g/mol. The van der Waals surface area contributed by atoms with E-state index < -0.39 is 39.9 Å². The van der Waals surface area contributed by atoms with Crippen LogP contribution in [0.5, 0.6) is 0 Å². The number of benzene rings is 2. The number of sulfonamides is 1. The van der Waals surface area contributed by atoms with Crippen molar-refractivity contribution >= 4 is 45.1 Å². The van der Waals surface area contributed by atoms with Crippen molar-refractivity contribution in [3.63, 3.8) is 0 Å². The third-order valence-electron chi connectivity index (χ3n) is 5.75. The number of anilines is 2. The van der Waals surface area contributed by atoms with Gasteiger partial charge in [0.1, 0.15) is 6.04 Å². The van der Waals surface area contributed by atoms with Crippen molar-refractivity contribution in [3.8, 4) is 0 Å². The van der Waals surface area contributed by atoms with Crippen molar-refractivity contribution in [1.82, 2.24) is 4.31 Å². The standard InChI is InChI=1S/C24H27N3O7S/c1-5-15(2)27(35(32,33)20-12-8-18(9-13-20)25-16(3)28)21-14-22(29)26(23(21)30)19-10-6-17(7-11-19)24(31)34-4/h6-13,15,21H,5,14H2,1-4H3,(H,25,28). The van der Waals surface area contributed by atoms with Gasteiger partial charge >= 0.3 is 5.97 Å². The van der Waals surface area contributed by atoms with Crippen LogP contribution in [0.4, 0.5) is 11.4 Å². The first-order chi connectivity index (χ1) is 16.5. The summed E-state index contributed by atoms with van der Waals surface area (Å²) in [5.41, 5.74) is 0.912. The van der Waals surface area contributed by atoms with Crippen molar-refractivity contribution in [3.05, 3.63) is 54.1 Å². The van der Waals surface area contributed by atoms with Crippen LogP contribution in [0.1, 0.15) is 44.0 Å². The Labute approximate surface area is 203 Å². The number of carbonyl (C=O) groups excluding carboxylic acids is 4. The van der Waals surface area contributed by atoms with E-state index in [-0.39, 0.29) is 28.5 Å². The molecule has 2 aromatic carbocycles. The van der Waals surface area contributed by atoms with Crippen LogP contribution >= 0.6 is 0 Å². The first-order valence-electron chi connectivity index (χ1n) is 11.0. The van der Waals surface area contributed by atoms with Crippen molar-refractivity contribution in [1.29, 1.82) is 0 Å². The molecule has 35 heavy (non-hydrogen) atoms. The fourth-order valence-corrected chi connectivity index (χ4v) is 5.72. The number of carbonyl (C=O) groups is 4. The summed E-state index contributed by atoms with van der Waals surface area (Å²) in [6, 6.07) is 9.54. The first-order valence-corrected chi connectivity index (χ1v) is 12.4. The number of amides is 3. The third kappa shape index (κ3) is 5.25. The molecule has 1 saturated heterocycles. The topological polar surface area (TPSA) is 130 Å². The molecule has 0 bridgehead atoms. The first kappa shape index (κ1) is 26.0. The van der Waals surface area contributed by atoms with Gasteiger partial charge in [0.25, 0.3) is 5.91 Å². The molecule has 1 N–H and O–H groups in total. The maximum Gasteiger partial charge on any atom is 0.337 e. The van der Waals surface area contributed by atoms with Crippen LogP contribution in [-0.2, 0) is 29.1 Å². The Balaban J connectivity index is 1.94. The molecule has 186 valence electrons. The van der Waals surface area contributed by atoms with E-state index in [1.54, 1.807) is 13.8 Å². The number of hydrogen-bond acceptors (Lipinski definition) is 7. The van der Waals surface area contributed by atoms with E-state index in [1.165, 1.54) is 62.6 Å². The average molecular weight is 502 g/mol. The van der Waals surface area contributed by atoms with E-state index in [1.807, 2.05) is 0 Å². The number of esters is 1. The van der Waals surface area contributed by atoms with Crippen LogP contribution in [0.3, 0.4) is 0 Å². The van der Waals surface area contributed by atoms with E-state index in [0.717, 1.165) is 9.21 Å². The van der Waals surface area contributed by atoms with Crippen molar-refractivity contribution in [2.45, 2.75) is 50.6 Å². The van der Waals surface area contributed by atoms with Gasteiger partial charge < -0.3 is 10.1 Å². The van der Waals surface area contributed by atoms with Gasteiger partial charge in [0.15, 0.2) is 0 Å². The Morgan fingerprint density at radius 3 is 2.23 bits per heavy atom. The zero-order valence-electron chi connectivity index (χ0n) is 19.8. The summed E-state index contributed by atoms with van der Waals surface area (Å²) < 4.78 is 33.0. The second-order valence-electron chi connectivity index (χ2n) is 8.12. The van der Waals surface area contributed by atoms with Crippen molar-refractivity contribution in [2.75, 3.05) is 17.3 Å². The Hall–Kier alpha value is -3.57. The largest absolute Gasteiger partial charge is 0.465 e. The molecule has 2 atom stereocenters. The fourth-order valence-electron chi connectivity index (χ4n) is 3.88. The lowest BCUT2D eigenvalue weighted by atomic mass is 10.2. The van der Waals surface area contributed by atoms with Crippen LogP contribution in [0.25, 0.3) is 0 Å². The maximum absolute atomic E-state index is 13.6. The molecule has 2 aromatic rings. The Bertz CT molecular complexity index is 1240. The highest BCUT2D eigenvalue weighted by Gasteiger charge is 2.48. The predicted molar refractivity (Wildman–Crippen MR) is 128 cm³/mol. The number of imide groups is 1. The molecule has 1 aliphatic heterocycles. The highest BCUT2D eigenvalue weighted by Crippen LogP contribution is 2.32. The maximum atomic E-state index is 13.6. The molecule has 10 nitrogen and oxygen atoms in total.